The van der Waals surface area contributed by atoms with Gasteiger partial charge in [0.25, 0.3) is 5.91 Å². The number of ether oxygens (including phenoxy) is 1. The third-order valence-electron chi connectivity index (χ3n) is 4.66. The average Bonchev–Trinajstić information content (AvgIpc) is 3.50. The highest BCUT2D eigenvalue weighted by Gasteiger charge is 2.25. The summed E-state index contributed by atoms with van der Waals surface area (Å²) >= 11 is 0. The number of rotatable bonds is 5. The van der Waals surface area contributed by atoms with Crippen LogP contribution in [0.15, 0.2) is 54.6 Å². The predicted molar refractivity (Wildman–Crippen MR) is 103 cm³/mol. The predicted octanol–water partition coefficient (Wildman–Crippen LogP) is 3.65. The van der Waals surface area contributed by atoms with Crippen LogP contribution < -0.4 is 5.32 Å². The molecule has 0 aliphatic heterocycles. The molecule has 1 saturated carbocycles. The number of esters is 1. The first-order valence-electron chi connectivity index (χ1n) is 9.05. The molecule has 1 aliphatic carbocycles. The molecule has 0 radical (unpaired) electrons. The Bertz CT molecular complexity index is 1010. The van der Waals surface area contributed by atoms with E-state index in [1.807, 2.05) is 61.5 Å². The minimum atomic E-state index is -0.505. The van der Waals surface area contributed by atoms with Gasteiger partial charge in [0.05, 0.1) is 16.8 Å². The number of pyridine rings is 1. The third-order valence-corrected chi connectivity index (χ3v) is 4.66. The van der Waals surface area contributed by atoms with Crippen LogP contribution in [0, 0.1) is 6.92 Å². The molecule has 0 saturated heterocycles. The van der Waals surface area contributed by atoms with Crippen LogP contribution in [0.3, 0.4) is 0 Å². The molecule has 1 aromatic heterocycles. The Labute approximate surface area is 157 Å². The van der Waals surface area contributed by atoms with Crippen LogP contribution >= 0.6 is 0 Å². The summed E-state index contributed by atoms with van der Waals surface area (Å²) in [6.45, 7) is 1.59. The summed E-state index contributed by atoms with van der Waals surface area (Å²) in [6.07, 6.45) is 1.99. The molecular weight excluding hydrogens is 340 g/mol. The molecule has 27 heavy (non-hydrogen) atoms. The number of hydrogen-bond donors (Lipinski definition) is 1. The first kappa shape index (κ1) is 17.2. The van der Waals surface area contributed by atoms with E-state index in [0.717, 1.165) is 40.6 Å². The molecule has 1 fully saturated rings. The fourth-order valence-corrected chi connectivity index (χ4v) is 3.15. The van der Waals surface area contributed by atoms with Crippen molar-refractivity contribution >= 4 is 22.8 Å². The number of carbonyl (C=O) groups excluding carboxylic acids is 2. The molecule has 1 amide bonds. The van der Waals surface area contributed by atoms with Gasteiger partial charge in [0.2, 0.25) is 0 Å². The standard InChI is InChI=1S/C22H20N2O3/c1-14-20(22(26)27-13-19(25)23-16-11-12-16)17-9-5-6-10-18(17)24-21(14)15-7-3-2-4-8-15/h2-10,16H,11-13H2,1H3,(H,23,25). The Morgan fingerprint density at radius 3 is 2.52 bits per heavy atom. The number of carbonyl (C=O) groups is 2. The molecule has 1 heterocycles. The molecule has 3 aromatic rings. The Kier molecular flexibility index (Phi) is 4.59. The number of para-hydroxylation sites is 1. The molecule has 4 rings (SSSR count). The summed E-state index contributed by atoms with van der Waals surface area (Å²) in [7, 11) is 0. The van der Waals surface area contributed by atoms with E-state index in [-0.39, 0.29) is 18.6 Å². The lowest BCUT2D eigenvalue weighted by Gasteiger charge is -2.14. The van der Waals surface area contributed by atoms with Crippen molar-refractivity contribution in [2.45, 2.75) is 25.8 Å². The topological polar surface area (TPSA) is 68.3 Å². The summed E-state index contributed by atoms with van der Waals surface area (Å²) in [4.78, 5) is 29.4. The minimum absolute atomic E-state index is 0.240. The second-order valence-electron chi connectivity index (χ2n) is 6.76. The molecule has 0 bridgehead atoms. The van der Waals surface area contributed by atoms with Gasteiger partial charge in [-0.2, -0.15) is 0 Å². The van der Waals surface area contributed by atoms with E-state index in [9.17, 15) is 9.59 Å². The van der Waals surface area contributed by atoms with E-state index < -0.39 is 5.97 Å². The zero-order valence-corrected chi connectivity index (χ0v) is 15.1. The number of fused-ring (bicyclic) bond motifs is 1. The maximum atomic E-state index is 12.8. The summed E-state index contributed by atoms with van der Waals surface area (Å²) in [5, 5.41) is 3.55. The highest BCUT2D eigenvalue weighted by Crippen LogP contribution is 2.30. The molecule has 1 N–H and O–H groups in total. The van der Waals surface area contributed by atoms with Crippen LogP contribution in [-0.2, 0) is 9.53 Å². The van der Waals surface area contributed by atoms with Gasteiger partial charge in [-0.1, -0.05) is 48.5 Å². The van der Waals surface area contributed by atoms with Crippen molar-refractivity contribution in [2.24, 2.45) is 0 Å². The van der Waals surface area contributed by atoms with E-state index >= 15 is 0 Å². The number of aromatic nitrogens is 1. The van der Waals surface area contributed by atoms with Crippen LogP contribution in [-0.4, -0.2) is 29.5 Å². The van der Waals surface area contributed by atoms with E-state index in [2.05, 4.69) is 5.32 Å². The maximum absolute atomic E-state index is 12.8. The molecule has 0 spiro atoms. The van der Waals surface area contributed by atoms with Gasteiger partial charge >= 0.3 is 5.97 Å². The normalized spacial score (nSPS) is 13.4. The molecular formula is C22H20N2O3. The van der Waals surface area contributed by atoms with Crippen molar-refractivity contribution in [3.05, 3.63) is 65.7 Å². The first-order chi connectivity index (χ1) is 13.1. The lowest BCUT2D eigenvalue weighted by Crippen LogP contribution is -2.30. The second kappa shape index (κ2) is 7.19. The molecule has 136 valence electrons. The Morgan fingerprint density at radius 1 is 1.07 bits per heavy atom. The lowest BCUT2D eigenvalue weighted by atomic mass is 9.98. The van der Waals surface area contributed by atoms with Gasteiger partial charge in [0.15, 0.2) is 6.61 Å². The first-order valence-corrected chi connectivity index (χ1v) is 9.05. The minimum Gasteiger partial charge on any atom is -0.452 e. The molecule has 0 unspecified atom stereocenters. The van der Waals surface area contributed by atoms with Gasteiger partial charge in [-0.05, 0) is 31.4 Å². The fraction of sp³-hybridized carbons (Fsp3) is 0.227. The highest BCUT2D eigenvalue weighted by atomic mass is 16.5. The summed E-state index contributed by atoms with van der Waals surface area (Å²) in [5.74, 6) is -0.764. The van der Waals surface area contributed by atoms with Gasteiger partial charge in [0.1, 0.15) is 0 Å². The Hall–Kier alpha value is -3.21. The SMILES string of the molecule is Cc1c(-c2ccccc2)nc2ccccc2c1C(=O)OCC(=O)NC1CC1. The van der Waals surface area contributed by atoms with Crippen molar-refractivity contribution < 1.29 is 14.3 Å². The second-order valence-corrected chi connectivity index (χ2v) is 6.76. The Balaban J connectivity index is 1.70. The summed E-state index contributed by atoms with van der Waals surface area (Å²) < 4.78 is 5.32. The van der Waals surface area contributed by atoms with Crippen molar-refractivity contribution in [3.63, 3.8) is 0 Å². The van der Waals surface area contributed by atoms with E-state index in [1.54, 1.807) is 0 Å². The van der Waals surface area contributed by atoms with Crippen molar-refractivity contribution in [3.8, 4) is 11.3 Å². The lowest BCUT2D eigenvalue weighted by molar-refractivity contribution is -0.124. The molecule has 5 heteroatoms. The van der Waals surface area contributed by atoms with Crippen LogP contribution in [0.25, 0.3) is 22.2 Å². The third kappa shape index (κ3) is 3.67. The summed E-state index contributed by atoms with van der Waals surface area (Å²) in [5.41, 5.74) is 3.59. The largest absolute Gasteiger partial charge is 0.452 e. The van der Waals surface area contributed by atoms with Gasteiger partial charge in [-0.3, -0.25) is 4.79 Å². The van der Waals surface area contributed by atoms with E-state index in [0.29, 0.717) is 5.56 Å². The number of hydrogen-bond acceptors (Lipinski definition) is 4. The smallest absolute Gasteiger partial charge is 0.339 e. The average molecular weight is 360 g/mol. The van der Waals surface area contributed by atoms with Crippen molar-refractivity contribution in [2.75, 3.05) is 6.61 Å². The Morgan fingerprint density at radius 2 is 1.78 bits per heavy atom. The van der Waals surface area contributed by atoms with Crippen LogP contribution in [0.1, 0.15) is 28.8 Å². The zero-order chi connectivity index (χ0) is 18.8. The van der Waals surface area contributed by atoms with Gasteiger partial charge < -0.3 is 10.1 Å². The molecule has 5 nitrogen and oxygen atoms in total. The van der Waals surface area contributed by atoms with Gasteiger partial charge in [-0.25, -0.2) is 9.78 Å². The molecule has 1 aliphatic rings. The van der Waals surface area contributed by atoms with Crippen LogP contribution in [0.2, 0.25) is 0 Å². The monoisotopic (exact) mass is 360 g/mol. The van der Waals surface area contributed by atoms with Crippen molar-refractivity contribution in [1.82, 2.24) is 10.3 Å². The van der Waals surface area contributed by atoms with E-state index in [1.165, 1.54) is 0 Å². The molecule has 0 atom stereocenters. The fourth-order valence-electron chi connectivity index (χ4n) is 3.15. The van der Waals surface area contributed by atoms with Crippen LogP contribution in [0.5, 0.6) is 0 Å². The number of amides is 1. The van der Waals surface area contributed by atoms with Gasteiger partial charge in [0, 0.05) is 17.0 Å². The summed E-state index contributed by atoms with van der Waals surface area (Å²) in [6, 6.07) is 17.4. The quantitative estimate of drug-likeness (QED) is 0.705. The van der Waals surface area contributed by atoms with Crippen LogP contribution in [0.4, 0.5) is 0 Å². The van der Waals surface area contributed by atoms with Crippen molar-refractivity contribution in [1.29, 1.82) is 0 Å². The van der Waals surface area contributed by atoms with Gasteiger partial charge in [-0.15, -0.1) is 0 Å². The number of nitrogens with one attached hydrogen (secondary N) is 1. The molecule has 2 aromatic carbocycles. The number of nitrogens with zero attached hydrogens (tertiary/aromatic N) is 1. The van der Waals surface area contributed by atoms with E-state index in [4.69, 9.17) is 9.72 Å². The zero-order valence-electron chi connectivity index (χ0n) is 15.1. The number of benzene rings is 2. The highest BCUT2D eigenvalue weighted by molar-refractivity contribution is 6.06. The maximum Gasteiger partial charge on any atom is 0.339 e.